The van der Waals surface area contributed by atoms with Crippen LogP contribution >= 0.6 is 23.2 Å². The number of carbonyl (C=O) groups excluding carboxylic acids is 1. The first kappa shape index (κ1) is 15.2. The van der Waals surface area contributed by atoms with Gasteiger partial charge in [-0.3, -0.25) is 4.79 Å². The number of pyridine rings is 1. The first-order valence-corrected chi connectivity index (χ1v) is 7.32. The van der Waals surface area contributed by atoms with Gasteiger partial charge in [0.15, 0.2) is 0 Å². The molecule has 5 nitrogen and oxygen atoms in total. The van der Waals surface area contributed by atoms with Gasteiger partial charge < -0.3 is 15.1 Å². The Hall–Kier alpha value is -1.20. The van der Waals surface area contributed by atoms with Gasteiger partial charge in [-0.2, -0.15) is 0 Å². The molecule has 1 saturated heterocycles. The molecule has 0 bridgehead atoms. The van der Waals surface area contributed by atoms with Crippen molar-refractivity contribution >= 4 is 40.7 Å². The smallest absolute Gasteiger partial charge is 0.219 e. The Morgan fingerprint density at radius 2 is 2.00 bits per heavy atom. The van der Waals surface area contributed by atoms with Gasteiger partial charge in [-0.25, -0.2) is 4.98 Å². The normalized spacial score (nSPS) is 16.0. The summed E-state index contributed by atoms with van der Waals surface area (Å²) >= 11 is 12.3. The predicted molar refractivity (Wildman–Crippen MR) is 82.9 cm³/mol. The van der Waals surface area contributed by atoms with E-state index in [2.05, 4.69) is 15.2 Å². The summed E-state index contributed by atoms with van der Waals surface area (Å²) in [5.41, 5.74) is 0. The third-order valence-corrected chi connectivity index (χ3v) is 3.95. The molecule has 0 aliphatic carbocycles. The summed E-state index contributed by atoms with van der Waals surface area (Å²) in [7, 11) is 1.77. The topological polar surface area (TPSA) is 48.5 Å². The Morgan fingerprint density at radius 3 is 2.65 bits per heavy atom. The van der Waals surface area contributed by atoms with Crippen molar-refractivity contribution in [2.24, 2.45) is 0 Å². The Balaban J connectivity index is 2.21. The fourth-order valence-electron chi connectivity index (χ4n) is 2.30. The lowest BCUT2D eigenvalue weighted by atomic mass is 10.3. The Labute approximate surface area is 128 Å². The molecule has 1 amide bonds. The molecule has 7 heteroatoms. The van der Waals surface area contributed by atoms with Crippen molar-refractivity contribution in [3.8, 4) is 0 Å². The van der Waals surface area contributed by atoms with Crippen LogP contribution in [-0.2, 0) is 4.79 Å². The lowest BCUT2D eigenvalue weighted by Gasteiger charge is -2.24. The van der Waals surface area contributed by atoms with Crippen LogP contribution in [0.3, 0.4) is 0 Å². The van der Waals surface area contributed by atoms with Crippen LogP contribution in [0.15, 0.2) is 6.07 Å². The first-order chi connectivity index (χ1) is 9.52. The summed E-state index contributed by atoms with van der Waals surface area (Å²) in [4.78, 5) is 19.9. The summed E-state index contributed by atoms with van der Waals surface area (Å²) in [5, 5.41) is 3.99. The van der Waals surface area contributed by atoms with E-state index in [0.29, 0.717) is 28.2 Å². The number of anilines is 2. The van der Waals surface area contributed by atoms with Crippen LogP contribution in [0.4, 0.5) is 11.6 Å². The van der Waals surface area contributed by atoms with Crippen molar-refractivity contribution in [3.05, 3.63) is 16.1 Å². The van der Waals surface area contributed by atoms with Crippen LogP contribution in [0.2, 0.25) is 10.0 Å². The zero-order valence-electron chi connectivity index (χ0n) is 11.6. The van der Waals surface area contributed by atoms with E-state index in [9.17, 15) is 4.79 Å². The van der Waals surface area contributed by atoms with E-state index in [1.54, 1.807) is 20.0 Å². The number of halogens is 2. The van der Waals surface area contributed by atoms with Crippen LogP contribution < -0.4 is 10.2 Å². The number of carbonyl (C=O) groups is 1. The third kappa shape index (κ3) is 3.27. The van der Waals surface area contributed by atoms with Gasteiger partial charge in [0, 0.05) is 40.2 Å². The van der Waals surface area contributed by atoms with E-state index in [-0.39, 0.29) is 5.91 Å². The molecule has 20 heavy (non-hydrogen) atoms. The van der Waals surface area contributed by atoms with Crippen LogP contribution in [0, 0.1) is 0 Å². The van der Waals surface area contributed by atoms with E-state index in [1.807, 2.05) is 4.90 Å². The fraction of sp³-hybridized carbons (Fsp3) is 0.538. The highest BCUT2D eigenvalue weighted by molar-refractivity contribution is 6.37. The molecule has 0 spiro atoms. The minimum absolute atomic E-state index is 0.109. The van der Waals surface area contributed by atoms with Crippen LogP contribution in [-0.4, -0.2) is 49.0 Å². The van der Waals surface area contributed by atoms with Gasteiger partial charge in [0.2, 0.25) is 5.91 Å². The molecule has 0 atom stereocenters. The van der Waals surface area contributed by atoms with Crippen LogP contribution in [0.25, 0.3) is 0 Å². The zero-order valence-corrected chi connectivity index (χ0v) is 13.1. The van der Waals surface area contributed by atoms with E-state index in [0.717, 1.165) is 26.1 Å². The molecule has 1 aromatic rings. The van der Waals surface area contributed by atoms with E-state index in [1.165, 1.54) is 0 Å². The molecule has 2 heterocycles. The molecular formula is C13H18Cl2N4O. The summed E-state index contributed by atoms with van der Waals surface area (Å²) in [5.74, 6) is 1.43. The molecule has 110 valence electrons. The van der Waals surface area contributed by atoms with Crippen molar-refractivity contribution < 1.29 is 4.79 Å². The van der Waals surface area contributed by atoms with Gasteiger partial charge in [0.1, 0.15) is 11.6 Å². The number of aromatic nitrogens is 1. The van der Waals surface area contributed by atoms with Crippen LogP contribution in [0.1, 0.15) is 13.3 Å². The number of hydrogen-bond donors (Lipinski definition) is 1. The Kier molecular flexibility index (Phi) is 4.94. The maximum atomic E-state index is 11.4. The molecular weight excluding hydrogens is 299 g/mol. The largest absolute Gasteiger partial charge is 0.372 e. The molecule has 0 radical (unpaired) electrons. The quantitative estimate of drug-likeness (QED) is 0.910. The lowest BCUT2D eigenvalue weighted by Crippen LogP contribution is -2.34. The highest BCUT2D eigenvalue weighted by atomic mass is 35.5. The summed E-state index contributed by atoms with van der Waals surface area (Å²) < 4.78 is 0. The molecule has 0 saturated carbocycles. The Bertz CT molecular complexity index is 509. The minimum Gasteiger partial charge on any atom is -0.372 e. The monoisotopic (exact) mass is 316 g/mol. The maximum absolute atomic E-state index is 11.4. The summed E-state index contributed by atoms with van der Waals surface area (Å²) in [6.07, 6.45) is 0.898. The minimum atomic E-state index is 0.109. The number of nitrogens with one attached hydrogen (secondary N) is 1. The summed E-state index contributed by atoms with van der Waals surface area (Å²) in [6, 6.07) is 1.70. The average molecular weight is 317 g/mol. The summed E-state index contributed by atoms with van der Waals surface area (Å²) in [6.45, 7) is 4.60. The van der Waals surface area contributed by atoms with Gasteiger partial charge >= 0.3 is 0 Å². The molecule has 0 aromatic carbocycles. The second kappa shape index (κ2) is 6.50. The Morgan fingerprint density at radius 1 is 1.25 bits per heavy atom. The molecule has 2 rings (SSSR count). The fourth-order valence-corrected chi connectivity index (χ4v) is 2.87. The number of rotatable bonds is 2. The van der Waals surface area contributed by atoms with Crippen molar-refractivity contribution in [1.29, 1.82) is 0 Å². The standard InChI is InChI=1S/C13H18Cl2N4O/c1-9(20)18-4-3-5-19(7-6-18)13-11(15)8-10(14)12(16-2)17-13/h8H,3-7H2,1-2H3,(H,16,17). The zero-order chi connectivity index (χ0) is 14.7. The highest BCUT2D eigenvalue weighted by Gasteiger charge is 2.20. The molecule has 1 aliphatic rings. The van der Waals surface area contributed by atoms with Gasteiger partial charge in [-0.05, 0) is 12.5 Å². The van der Waals surface area contributed by atoms with Crippen molar-refractivity contribution in [2.75, 3.05) is 43.4 Å². The number of nitrogens with zero attached hydrogens (tertiary/aromatic N) is 3. The second-order valence-electron chi connectivity index (χ2n) is 4.72. The van der Waals surface area contributed by atoms with Crippen molar-refractivity contribution in [3.63, 3.8) is 0 Å². The van der Waals surface area contributed by atoms with E-state index in [4.69, 9.17) is 23.2 Å². The van der Waals surface area contributed by atoms with Crippen molar-refractivity contribution in [2.45, 2.75) is 13.3 Å². The SMILES string of the molecule is CNc1nc(N2CCCN(C(C)=O)CC2)c(Cl)cc1Cl. The molecule has 0 unspecified atom stereocenters. The van der Waals surface area contributed by atoms with Gasteiger partial charge in [0.25, 0.3) is 0 Å². The molecule has 1 aliphatic heterocycles. The van der Waals surface area contributed by atoms with Gasteiger partial charge in [0.05, 0.1) is 10.0 Å². The van der Waals surface area contributed by atoms with Gasteiger partial charge in [-0.1, -0.05) is 23.2 Å². The predicted octanol–water partition coefficient (Wildman–Crippen LogP) is 2.49. The number of amides is 1. The number of hydrogen-bond acceptors (Lipinski definition) is 4. The second-order valence-corrected chi connectivity index (χ2v) is 5.54. The maximum Gasteiger partial charge on any atom is 0.219 e. The highest BCUT2D eigenvalue weighted by Crippen LogP contribution is 2.31. The average Bonchev–Trinajstić information content (AvgIpc) is 2.65. The first-order valence-electron chi connectivity index (χ1n) is 6.57. The molecule has 1 fully saturated rings. The lowest BCUT2D eigenvalue weighted by molar-refractivity contribution is -0.128. The van der Waals surface area contributed by atoms with Crippen molar-refractivity contribution in [1.82, 2.24) is 9.88 Å². The molecule has 1 N–H and O–H groups in total. The molecule has 1 aromatic heterocycles. The van der Waals surface area contributed by atoms with E-state index < -0.39 is 0 Å². The van der Waals surface area contributed by atoms with E-state index >= 15 is 0 Å². The third-order valence-electron chi connectivity index (χ3n) is 3.39. The van der Waals surface area contributed by atoms with Crippen LogP contribution in [0.5, 0.6) is 0 Å². The van der Waals surface area contributed by atoms with Gasteiger partial charge in [-0.15, -0.1) is 0 Å².